The largest absolute Gasteiger partial charge is 0.354 e. The molecule has 0 atom stereocenters. The van der Waals surface area contributed by atoms with Crippen molar-refractivity contribution in [2.24, 2.45) is 0 Å². The first-order valence-corrected chi connectivity index (χ1v) is 6.70. The normalized spacial score (nSPS) is 11.0. The van der Waals surface area contributed by atoms with Gasteiger partial charge in [0.15, 0.2) is 17.9 Å². The maximum absolute atomic E-state index is 13.4. The van der Waals surface area contributed by atoms with Crippen LogP contribution in [-0.2, 0) is 6.42 Å². The summed E-state index contributed by atoms with van der Waals surface area (Å²) in [5, 5.41) is 0.795. The van der Waals surface area contributed by atoms with E-state index >= 15 is 0 Å². The fourth-order valence-electron chi connectivity index (χ4n) is 2.60. The number of nitrogens with one attached hydrogen (secondary N) is 1. The molecule has 3 rings (SSSR count). The van der Waals surface area contributed by atoms with Gasteiger partial charge in [0, 0.05) is 22.0 Å². The lowest BCUT2D eigenvalue weighted by Crippen LogP contribution is -1.88. The number of carbonyl (C=O) groups is 1. The number of aryl methyl sites for hydroxylation is 1. The summed E-state index contributed by atoms with van der Waals surface area (Å²) in [7, 11) is 0. The Bertz CT molecular complexity index is 836. The van der Waals surface area contributed by atoms with Crippen molar-refractivity contribution in [1.82, 2.24) is 4.98 Å². The van der Waals surface area contributed by atoms with Gasteiger partial charge in [-0.25, -0.2) is 8.78 Å². The van der Waals surface area contributed by atoms with Gasteiger partial charge >= 0.3 is 0 Å². The summed E-state index contributed by atoms with van der Waals surface area (Å²) in [6, 6.07) is 9.32. The lowest BCUT2D eigenvalue weighted by molar-refractivity contribution is 0.112. The van der Waals surface area contributed by atoms with Gasteiger partial charge in [-0.15, -0.1) is 0 Å². The summed E-state index contributed by atoms with van der Waals surface area (Å²) in [6.07, 6.45) is 1.56. The highest BCUT2D eigenvalue weighted by atomic mass is 19.2. The summed E-state index contributed by atoms with van der Waals surface area (Å²) < 4.78 is 26.5. The molecule has 21 heavy (non-hydrogen) atoms. The van der Waals surface area contributed by atoms with Crippen molar-refractivity contribution in [3.05, 3.63) is 59.2 Å². The zero-order chi connectivity index (χ0) is 15.0. The predicted octanol–water partition coefficient (Wildman–Crippen LogP) is 4.49. The molecule has 0 bridgehead atoms. The second-order valence-electron chi connectivity index (χ2n) is 4.85. The summed E-state index contributed by atoms with van der Waals surface area (Å²) >= 11 is 0. The van der Waals surface area contributed by atoms with Crippen LogP contribution in [0.3, 0.4) is 0 Å². The predicted molar refractivity (Wildman–Crippen MR) is 78.4 cm³/mol. The molecule has 2 aromatic carbocycles. The number of aldehydes is 1. The summed E-state index contributed by atoms with van der Waals surface area (Å²) in [5.41, 5.74) is 3.37. The fourth-order valence-corrected chi connectivity index (χ4v) is 2.60. The Balaban J connectivity index is 2.31. The molecule has 0 radical (unpaired) electrons. The van der Waals surface area contributed by atoms with Gasteiger partial charge in [0.05, 0.1) is 5.69 Å². The van der Waals surface area contributed by atoms with E-state index in [2.05, 4.69) is 4.98 Å². The van der Waals surface area contributed by atoms with Crippen LogP contribution < -0.4 is 0 Å². The van der Waals surface area contributed by atoms with Crippen LogP contribution in [-0.4, -0.2) is 11.3 Å². The SMILES string of the molecule is CCc1cccc2c(C=O)c(-c3ccc(F)c(F)c3)[nH]c12. The van der Waals surface area contributed by atoms with Crippen LogP contribution in [0.1, 0.15) is 22.8 Å². The Morgan fingerprint density at radius 3 is 2.62 bits per heavy atom. The molecule has 1 N–H and O–H groups in total. The van der Waals surface area contributed by atoms with Crippen molar-refractivity contribution in [3.63, 3.8) is 0 Å². The van der Waals surface area contributed by atoms with E-state index in [1.807, 2.05) is 25.1 Å². The molecule has 106 valence electrons. The second kappa shape index (κ2) is 5.13. The average Bonchev–Trinajstić information content (AvgIpc) is 2.88. The van der Waals surface area contributed by atoms with Gasteiger partial charge in [0.1, 0.15) is 0 Å². The highest BCUT2D eigenvalue weighted by molar-refractivity contribution is 6.05. The number of fused-ring (bicyclic) bond motifs is 1. The van der Waals surface area contributed by atoms with Gasteiger partial charge in [-0.1, -0.05) is 25.1 Å². The molecule has 1 heterocycles. The summed E-state index contributed by atoms with van der Waals surface area (Å²) in [5.74, 6) is -1.84. The molecule has 0 aliphatic carbocycles. The molecule has 0 amide bonds. The zero-order valence-electron chi connectivity index (χ0n) is 11.4. The minimum absolute atomic E-state index is 0.453. The third-order valence-electron chi connectivity index (χ3n) is 3.67. The van der Waals surface area contributed by atoms with Crippen LogP contribution in [0, 0.1) is 11.6 Å². The van der Waals surface area contributed by atoms with Gasteiger partial charge in [-0.3, -0.25) is 4.79 Å². The first kappa shape index (κ1) is 13.5. The molecule has 0 aliphatic rings. The Morgan fingerprint density at radius 1 is 1.14 bits per heavy atom. The molecule has 0 saturated carbocycles. The third-order valence-corrected chi connectivity index (χ3v) is 3.67. The van der Waals surface area contributed by atoms with E-state index in [1.54, 1.807) is 0 Å². The van der Waals surface area contributed by atoms with Crippen molar-refractivity contribution in [2.75, 3.05) is 0 Å². The topological polar surface area (TPSA) is 32.9 Å². The molecule has 0 fully saturated rings. The smallest absolute Gasteiger partial charge is 0.159 e. The average molecular weight is 285 g/mol. The lowest BCUT2D eigenvalue weighted by atomic mass is 10.0. The molecule has 2 nitrogen and oxygen atoms in total. The van der Waals surface area contributed by atoms with Gasteiger partial charge in [0.25, 0.3) is 0 Å². The van der Waals surface area contributed by atoms with Crippen LogP contribution in [0.25, 0.3) is 22.2 Å². The minimum atomic E-state index is -0.932. The molecule has 4 heteroatoms. The van der Waals surface area contributed by atoms with E-state index in [9.17, 15) is 13.6 Å². The number of aromatic amines is 1. The second-order valence-corrected chi connectivity index (χ2v) is 4.85. The van der Waals surface area contributed by atoms with Gasteiger partial charge in [-0.2, -0.15) is 0 Å². The standard InChI is InChI=1S/C17H13F2NO/c1-2-10-4-3-5-12-13(9-21)17(20-16(10)12)11-6-7-14(18)15(19)8-11/h3-9,20H,2H2,1H3. The first-order chi connectivity index (χ1) is 10.2. The number of H-pyrrole nitrogens is 1. The Morgan fingerprint density at radius 2 is 1.95 bits per heavy atom. The number of carbonyl (C=O) groups excluding carboxylic acids is 1. The van der Waals surface area contributed by atoms with Crippen molar-refractivity contribution in [2.45, 2.75) is 13.3 Å². The quantitative estimate of drug-likeness (QED) is 0.707. The highest BCUT2D eigenvalue weighted by Crippen LogP contribution is 2.31. The van der Waals surface area contributed by atoms with Crippen molar-refractivity contribution in [3.8, 4) is 11.3 Å². The Hall–Kier alpha value is -2.49. The van der Waals surface area contributed by atoms with E-state index in [-0.39, 0.29) is 0 Å². The van der Waals surface area contributed by atoms with Crippen LogP contribution in [0.5, 0.6) is 0 Å². The number of rotatable bonds is 3. The van der Waals surface area contributed by atoms with Crippen molar-refractivity contribution >= 4 is 17.2 Å². The monoisotopic (exact) mass is 285 g/mol. The van der Waals surface area contributed by atoms with Crippen LogP contribution in [0.4, 0.5) is 8.78 Å². The molecule has 3 aromatic rings. The highest BCUT2D eigenvalue weighted by Gasteiger charge is 2.15. The third kappa shape index (κ3) is 2.13. The number of aromatic nitrogens is 1. The zero-order valence-corrected chi connectivity index (χ0v) is 11.4. The van der Waals surface area contributed by atoms with E-state index in [0.29, 0.717) is 16.8 Å². The Labute approximate surface area is 120 Å². The minimum Gasteiger partial charge on any atom is -0.354 e. The van der Waals surface area contributed by atoms with Crippen molar-refractivity contribution in [1.29, 1.82) is 0 Å². The van der Waals surface area contributed by atoms with Gasteiger partial charge in [0.2, 0.25) is 0 Å². The Kier molecular flexibility index (Phi) is 3.29. The van der Waals surface area contributed by atoms with Gasteiger partial charge < -0.3 is 4.98 Å². The van der Waals surface area contributed by atoms with E-state index < -0.39 is 11.6 Å². The van der Waals surface area contributed by atoms with Crippen LogP contribution in [0.2, 0.25) is 0 Å². The molecular weight excluding hydrogens is 272 g/mol. The molecule has 1 aromatic heterocycles. The van der Waals surface area contributed by atoms with E-state index in [1.165, 1.54) is 6.07 Å². The molecule has 0 unspecified atom stereocenters. The maximum Gasteiger partial charge on any atom is 0.159 e. The first-order valence-electron chi connectivity index (χ1n) is 6.70. The summed E-state index contributed by atoms with van der Waals surface area (Å²) in [4.78, 5) is 14.6. The summed E-state index contributed by atoms with van der Waals surface area (Å²) in [6.45, 7) is 2.02. The maximum atomic E-state index is 13.4. The lowest BCUT2D eigenvalue weighted by Gasteiger charge is -2.01. The fraction of sp³-hybridized carbons (Fsp3) is 0.118. The number of hydrogen-bond donors (Lipinski definition) is 1. The number of benzene rings is 2. The number of para-hydroxylation sites is 1. The van der Waals surface area contributed by atoms with Gasteiger partial charge in [-0.05, 0) is 30.2 Å². The van der Waals surface area contributed by atoms with Crippen LogP contribution in [0.15, 0.2) is 36.4 Å². The van der Waals surface area contributed by atoms with Crippen molar-refractivity contribution < 1.29 is 13.6 Å². The number of hydrogen-bond acceptors (Lipinski definition) is 1. The van der Waals surface area contributed by atoms with E-state index in [4.69, 9.17) is 0 Å². The molecule has 0 aliphatic heterocycles. The van der Waals surface area contributed by atoms with Crippen LogP contribution >= 0.6 is 0 Å². The van der Waals surface area contributed by atoms with E-state index in [0.717, 1.165) is 41.3 Å². The molecule has 0 saturated heterocycles. The molecule has 0 spiro atoms. The molecular formula is C17H13F2NO. The number of halogens is 2.